The third kappa shape index (κ3) is 6.06. The van der Waals surface area contributed by atoms with Gasteiger partial charge in [-0.2, -0.15) is 0 Å². The molecule has 0 atom stereocenters. The van der Waals surface area contributed by atoms with Crippen LogP contribution in [-0.2, 0) is 6.54 Å². The Morgan fingerprint density at radius 3 is 2.62 bits per heavy atom. The van der Waals surface area contributed by atoms with Crippen molar-refractivity contribution in [1.82, 2.24) is 20.5 Å². The molecule has 1 aliphatic rings. The number of aromatic nitrogens is 1. The predicted octanol–water partition coefficient (Wildman–Crippen LogP) is 3.08. The standard InChI is InChI=1S/C18H33N5S/c1-14-15(2)24-17(22-14)13-21-18(19-3)20-11-8-12-23(4)16-9-6-5-7-10-16/h16H,5-13H2,1-4H3,(H2,19,20,21). The van der Waals surface area contributed by atoms with E-state index >= 15 is 0 Å². The number of nitrogens with one attached hydrogen (secondary N) is 2. The summed E-state index contributed by atoms with van der Waals surface area (Å²) in [7, 11) is 4.10. The predicted molar refractivity (Wildman–Crippen MR) is 104 cm³/mol. The minimum Gasteiger partial charge on any atom is -0.356 e. The zero-order valence-corrected chi connectivity index (χ0v) is 16.5. The highest BCUT2D eigenvalue weighted by Crippen LogP contribution is 2.21. The molecule has 0 spiro atoms. The second-order valence-corrected chi connectivity index (χ2v) is 8.02. The highest BCUT2D eigenvalue weighted by atomic mass is 32.1. The van der Waals surface area contributed by atoms with Crippen LogP contribution in [0.1, 0.15) is 54.1 Å². The molecule has 1 aromatic heterocycles. The molecule has 136 valence electrons. The number of aryl methyl sites for hydroxylation is 2. The van der Waals surface area contributed by atoms with Gasteiger partial charge in [0.2, 0.25) is 0 Å². The van der Waals surface area contributed by atoms with E-state index in [2.05, 4.69) is 46.4 Å². The second-order valence-electron chi connectivity index (χ2n) is 6.73. The summed E-state index contributed by atoms with van der Waals surface area (Å²) in [5.74, 6) is 0.862. The van der Waals surface area contributed by atoms with Gasteiger partial charge in [0.1, 0.15) is 5.01 Å². The monoisotopic (exact) mass is 351 g/mol. The third-order valence-corrected chi connectivity index (χ3v) is 5.95. The molecule has 1 aromatic rings. The molecule has 2 N–H and O–H groups in total. The van der Waals surface area contributed by atoms with Crippen molar-refractivity contribution in [2.45, 2.75) is 65.0 Å². The number of hydrogen-bond donors (Lipinski definition) is 2. The van der Waals surface area contributed by atoms with Crippen molar-refractivity contribution in [3.63, 3.8) is 0 Å². The minimum absolute atomic E-state index is 0.737. The van der Waals surface area contributed by atoms with E-state index in [-0.39, 0.29) is 0 Å². The summed E-state index contributed by atoms with van der Waals surface area (Å²) < 4.78 is 0. The largest absolute Gasteiger partial charge is 0.356 e. The molecule has 0 amide bonds. The van der Waals surface area contributed by atoms with Gasteiger partial charge in [-0.05, 0) is 46.7 Å². The van der Waals surface area contributed by atoms with Crippen LogP contribution in [0.25, 0.3) is 0 Å². The molecule has 0 unspecified atom stereocenters. The molecule has 24 heavy (non-hydrogen) atoms. The Hall–Kier alpha value is -1.14. The van der Waals surface area contributed by atoms with Crippen LogP contribution < -0.4 is 10.6 Å². The van der Waals surface area contributed by atoms with E-state index in [0.717, 1.165) is 48.8 Å². The van der Waals surface area contributed by atoms with Crippen molar-refractivity contribution < 1.29 is 0 Å². The van der Waals surface area contributed by atoms with Gasteiger partial charge < -0.3 is 15.5 Å². The van der Waals surface area contributed by atoms with E-state index in [4.69, 9.17) is 0 Å². The average Bonchev–Trinajstić information content (AvgIpc) is 2.93. The van der Waals surface area contributed by atoms with Gasteiger partial charge in [-0.1, -0.05) is 19.3 Å². The molecule has 6 heteroatoms. The van der Waals surface area contributed by atoms with E-state index in [1.54, 1.807) is 11.3 Å². The van der Waals surface area contributed by atoms with Crippen LogP contribution in [-0.4, -0.2) is 49.1 Å². The van der Waals surface area contributed by atoms with E-state index in [1.165, 1.54) is 37.0 Å². The maximum absolute atomic E-state index is 4.55. The zero-order chi connectivity index (χ0) is 17.4. The number of guanidine groups is 1. The molecule has 1 saturated carbocycles. The van der Waals surface area contributed by atoms with E-state index in [9.17, 15) is 0 Å². The molecule has 0 aromatic carbocycles. The number of rotatable bonds is 7. The smallest absolute Gasteiger partial charge is 0.191 e. The average molecular weight is 352 g/mol. The Morgan fingerprint density at radius 2 is 2.00 bits per heavy atom. The summed E-state index contributed by atoms with van der Waals surface area (Å²) in [5.41, 5.74) is 1.13. The van der Waals surface area contributed by atoms with Crippen LogP contribution in [0.4, 0.5) is 0 Å². The number of aliphatic imine (C=N–C) groups is 1. The summed E-state index contributed by atoms with van der Waals surface area (Å²) in [4.78, 5) is 12.7. The van der Waals surface area contributed by atoms with E-state index < -0.39 is 0 Å². The normalized spacial score (nSPS) is 16.6. The van der Waals surface area contributed by atoms with Crippen molar-refractivity contribution >= 4 is 17.3 Å². The quantitative estimate of drug-likeness (QED) is 0.450. The van der Waals surface area contributed by atoms with Crippen LogP contribution in [0.15, 0.2) is 4.99 Å². The van der Waals surface area contributed by atoms with Gasteiger partial charge in [0, 0.05) is 24.5 Å². The summed E-state index contributed by atoms with van der Waals surface area (Å²) in [5, 5.41) is 7.88. The Kier molecular flexibility index (Phi) is 7.99. The van der Waals surface area contributed by atoms with Crippen LogP contribution in [0.5, 0.6) is 0 Å². The van der Waals surface area contributed by atoms with Crippen molar-refractivity contribution in [2.24, 2.45) is 4.99 Å². The first-order chi connectivity index (χ1) is 11.6. The topological polar surface area (TPSA) is 52.6 Å². The van der Waals surface area contributed by atoms with E-state index in [1.807, 2.05) is 7.05 Å². The van der Waals surface area contributed by atoms with Gasteiger partial charge in [-0.15, -0.1) is 11.3 Å². The van der Waals surface area contributed by atoms with Crippen LogP contribution in [0.3, 0.4) is 0 Å². The summed E-state index contributed by atoms with van der Waals surface area (Å²) in [6, 6.07) is 0.799. The van der Waals surface area contributed by atoms with Gasteiger partial charge in [0.25, 0.3) is 0 Å². The molecule has 1 aliphatic carbocycles. The molecule has 5 nitrogen and oxygen atoms in total. The fourth-order valence-electron chi connectivity index (χ4n) is 3.23. The van der Waals surface area contributed by atoms with Crippen LogP contribution in [0.2, 0.25) is 0 Å². The van der Waals surface area contributed by atoms with Crippen molar-refractivity contribution in [3.8, 4) is 0 Å². The lowest BCUT2D eigenvalue weighted by molar-refractivity contribution is 0.190. The van der Waals surface area contributed by atoms with Crippen molar-refractivity contribution in [2.75, 3.05) is 27.2 Å². The summed E-state index contributed by atoms with van der Waals surface area (Å²) in [6.07, 6.45) is 8.12. The van der Waals surface area contributed by atoms with Crippen molar-refractivity contribution in [1.29, 1.82) is 0 Å². The Balaban J connectivity index is 1.62. The van der Waals surface area contributed by atoms with Gasteiger partial charge in [0.15, 0.2) is 5.96 Å². The van der Waals surface area contributed by atoms with Gasteiger partial charge in [-0.3, -0.25) is 4.99 Å². The maximum atomic E-state index is 4.55. The molecule has 1 heterocycles. The zero-order valence-electron chi connectivity index (χ0n) is 15.7. The summed E-state index contributed by atoms with van der Waals surface area (Å²) >= 11 is 1.75. The van der Waals surface area contributed by atoms with Gasteiger partial charge in [0.05, 0.1) is 12.2 Å². The van der Waals surface area contributed by atoms with Crippen LogP contribution in [0, 0.1) is 13.8 Å². The summed E-state index contributed by atoms with van der Waals surface area (Å²) in [6.45, 7) is 7.02. The maximum Gasteiger partial charge on any atom is 0.191 e. The lowest BCUT2D eigenvalue weighted by atomic mass is 9.94. The fourth-order valence-corrected chi connectivity index (χ4v) is 4.11. The van der Waals surface area contributed by atoms with Gasteiger partial charge >= 0.3 is 0 Å². The Bertz CT molecular complexity index is 500. The molecule has 0 saturated heterocycles. The van der Waals surface area contributed by atoms with E-state index in [0.29, 0.717) is 0 Å². The Labute approximate surface area is 151 Å². The number of nitrogens with zero attached hydrogens (tertiary/aromatic N) is 3. The molecule has 2 rings (SSSR count). The highest BCUT2D eigenvalue weighted by molar-refractivity contribution is 7.11. The highest BCUT2D eigenvalue weighted by Gasteiger charge is 2.17. The third-order valence-electron chi connectivity index (χ3n) is 4.88. The first-order valence-electron chi connectivity index (χ1n) is 9.18. The lowest BCUT2D eigenvalue weighted by Gasteiger charge is -2.31. The molecule has 0 radical (unpaired) electrons. The molecule has 0 aliphatic heterocycles. The minimum atomic E-state index is 0.737. The molecule has 0 bridgehead atoms. The Morgan fingerprint density at radius 1 is 1.25 bits per heavy atom. The number of hydrogen-bond acceptors (Lipinski definition) is 4. The van der Waals surface area contributed by atoms with Crippen molar-refractivity contribution in [3.05, 3.63) is 15.6 Å². The molecular weight excluding hydrogens is 318 g/mol. The van der Waals surface area contributed by atoms with Gasteiger partial charge in [-0.25, -0.2) is 4.98 Å². The van der Waals surface area contributed by atoms with Crippen LogP contribution >= 0.6 is 11.3 Å². The second kappa shape index (κ2) is 9.99. The molecular formula is C18H33N5S. The first-order valence-corrected chi connectivity index (χ1v) is 9.99. The number of thiazole rings is 1. The first kappa shape index (κ1) is 19.2. The fraction of sp³-hybridized carbons (Fsp3) is 0.778. The lowest BCUT2D eigenvalue weighted by Crippen LogP contribution is -2.39. The molecule has 1 fully saturated rings. The SMILES string of the molecule is CN=C(NCCCN(C)C1CCCCC1)NCc1nc(C)c(C)s1.